The summed E-state index contributed by atoms with van der Waals surface area (Å²) in [5.41, 5.74) is 9.73. The van der Waals surface area contributed by atoms with E-state index in [0.717, 1.165) is 44.5 Å². The van der Waals surface area contributed by atoms with Gasteiger partial charge < -0.3 is 29.0 Å². The van der Waals surface area contributed by atoms with Crippen molar-refractivity contribution in [3.05, 3.63) is 77.1 Å². The van der Waals surface area contributed by atoms with Crippen LogP contribution in [0.5, 0.6) is 0 Å². The highest BCUT2D eigenvalue weighted by atomic mass is 19.1. The van der Waals surface area contributed by atoms with Crippen LogP contribution in [0.25, 0.3) is 33.3 Å². The van der Waals surface area contributed by atoms with Gasteiger partial charge in [-0.05, 0) is 131 Å². The number of alkyl halides is 1. The summed E-state index contributed by atoms with van der Waals surface area (Å²) in [7, 11) is 5.50. The van der Waals surface area contributed by atoms with Crippen molar-refractivity contribution in [2.24, 2.45) is 17.3 Å². The molecule has 14 nitrogen and oxygen atoms in total. The van der Waals surface area contributed by atoms with Gasteiger partial charge in [0.25, 0.3) is 11.8 Å². The summed E-state index contributed by atoms with van der Waals surface area (Å²) in [6.45, 7) is 17.1. The summed E-state index contributed by atoms with van der Waals surface area (Å²) in [4.78, 5) is 64.3. The average molecular weight is 962 g/mol. The number of halogens is 1. The molecule has 0 radical (unpaired) electrons. The molecule has 15 heteroatoms. The summed E-state index contributed by atoms with van der Waals surface area (Å²) < 4.78 is 35.4. The van der Waals surface area contributed by atoms with Crippen molar-refractivity contribution in [1.29, 1.82) is 0 Å². The molecule has 376 valence electrons. The molecule has 0 aliphatic carbocycles. The third kappa shape index (κ3) is 11.6. The number of carbonyl (C=O) groups excluding carboxylic acids is 4. The normalized spacial score (nSPS) is 19.8. The van der Waals surface area contributed by atoms with Crippen LogP contribution in [0.15, 0.2) is 54.7 Å². The maximum absolute atomic E-state index is 14.9. The molecule has 5 heterocycles. The van der Waals surface area contributed by atoms with E-state index in [1.165, 1.54) is 5.01 Å². The van der Waals surface area contributed by atoms with E-state index in [9.17, 15) is 23.6 Å². The van der Waals surface area contributed by atoms with Crippen molar-refractivity contribution >= 4 is 34.6 Å². The van der Waals surface area contributed by atoms with Gasteiger partial charge in [0.05, 0.1) is 48.3 Å². The molecule has 0 saturated carbocycles. The number of ether oxygens (including phenoxy) is 3. The number of nitrogens with one attached hydrogen (secondary N) is 2. The van der Waals surface area contributed by atoms with Crippen molar-refractivity contribution in [2.75, 3.05) is 54.1 Å². The Kier molecular flexibility index (Phi) is 16.2. The summed E-state index contributed by atoms with van der Waals surface area (Å²) in [5.74, 6) is 3.46. The van der Waals surface area contributed by atoms with Crippen molar-refractivity contribution in [1.82, 2.24) is 35.1 Å². The highest BCUT2D eigenvalue weighted by Crippen LogP contribution is 2.42. The fourth-order valence-electron chi connectivity index (χ4n) is 9.43. The van der Waals surface area contributed by atoms with Gasteiger partial charge in [0.15, 0.2) is 0 Å². The zero-order chi connectivity index (χ0) is 50.7. The number of esters is 1. The number of carbonyl (C=O) groups is 4. The number of hydrazine groups is 1. The molecule has 0 spiro atoms. The van der Waals surface area contributed by atoms with Gasteiger partial charge in [-0.15, -0.1) is 0 Å². The number of rotatable bonds is 12. The molecule has 70 heavy (non-hydrogen) atoms. The maximum Gasteiger partial charge on any atom is 0.324 e. The van der Waals surface area contributed by atoms with Crippen LogP contribution < -0.4 is 10.7 Å². The number of hydrogen-bond donors (Lipinski definition) is 2. The van der Waals surface area contributed by atoms with Crippen LogP contribution in [0.4, 0.5) is 4.39 Å². The van der Waals surface area contributed by atoms with Gasteiger partial charge in [-0.1, -0.05) is 51.8 Å². The van der Waals surface area contributed by atoms with E-state index in [1.54, 1.807) is 24.3 Å². The van der Waals surface area contributed by atoms with Crippen LogP contribution in [0.1, 0.15) is 96.7 Å². The average Bonchev–Trinajstić information content (AvgIpc) is 3.63. The number of likely N-dealkylation sites (tertiary alicyclic amines) is 1. The molecular weight excluding hydrogens is 890 g/mol. The number of methoxy groups -OCH3 is 1. The third-order valence-electron chi connectivity index (χ3n) is 14.3. The molecule has 2 saturated heterocycles. The fraction of sp³-hybridized carbons (Fsp3) is 0.545. The maximum atomic E-state index is 14.9. The minimum absolute atomic E-state index is 0.0508. The lowest BCUT2D eigenvalue weighted by molar-refractivity contribution is -0.155. The Morgan fingerprint density at radius 1 is 1.09 bits per heavy atom. The van der Waals surface area contributed by atoms with E-state index in [2.05, 4.69) is 66.1 Å². The topological polar surface area (TPSA) is 148 Å². The Morgan fingerprint density at radius 2 is 1.84 bits per heavy atom. The minimum atomic E-state index is -1.09. The second-order valence-electron chi connectivity index (χ2n) is 21.0. The largest absolute Gasteiger partial charge is 0.464 e. The summed E-state index contributed by atoms with van der Waals surface area (Å²) >= 11 is 0. The molecule has 3 amide bonds. The Morgan fingerprint density at radius 3 is 2.53 bits per heavy atom. The van der Waals surface area contributed by atoms with E-state index < -0.39 is 47.5 Å². The van der Waals surface area contributed by atoms with E-state index >= 15 is 0 Å². The zero-order valence-corrected chi connectivity index (χ0v) is 42.9. The van der Waals surface area contributed by atoms with Crippen molar-refractivity contribution in [3.8, 4) is 34.2 Å². The van der Waals surface area contributed by atoms with Crippen LogP contribution in [-0.2, 0) is 59.4 Å². The monoisotopic (exact) mass is 962 g/mol. The van der Waals surface area contributed by atoms with E-state index in [-0.39, 0.29) is 49.6 Å². The lowest BCUT2D eigenvalue weighted by Crippen LogP contribution is -2.61. The van der Waals surface area contributed by atoms with Gasteiger partial charge in [-0.2, -0.15) is 0 Å². The third-order valence-corrected chi connectivity index (χ3v) is 14.3. The molecule has 2 aromatic heterocycles. The van der Waals surface area contributed by atoms with Crippen molar-refractivity contribution in [3.63, 3.8) is 0 Å². The van der Waals surface area contributed by atoms with Gasteiger partial charge in [-0.3, -0.25) is 34.1 Å². The van der Waals surface area contributed by atoms with Gasteiger partial charge in [0.2, 0.25) is 5.91 Å². The van der Waals surface area contributed by atoms with Crippen molar-refractivity contribution < 1.29 is 37.8 Å². The molecule has 4 aromatic rings. The molecule has 3 aliphatic rings. The predicted molar refractivity (Wildman–Crippen MR) is 269 cm³/mol. The number of pyridine rings is 1. The highest BCUT2D eigenvalue weighted by Gasteiger charge is 2.38. The number of amides is 3. The molecule has 3 aliphatic heterocycles. The van der Waals surface area contributed by atoms with E-state index in [0.29, 0.717) is 56.6 Å². The first kappa shape index (κ1) is 52.2. The van der Waals surface area contributed by atoms with E-state index in [4.69, 9.17) is 19.2 Å². The fourth-order valence-corrected chi connectivity index (χ4v) is 9.43. The second-order valence-corrected chi connectivity index (χ2v) is 21.0. The molecule has 4 atom stereocenters. The van der Waals surface area contributed by atoms with Crippen molar-refractivity contribution in [2.45, 2.75) is 124 Å². The van der Waals surface area contributed by atoms with Gasteiger partial charge in [0.1, 0.15) is 18.8 Å². The van der Waals surface area contributed by atoms with Crippen LogP contribution >= 0.6 is 0 Å². The number of hydrogen-bond acceptors (Lipinski definition) is 10. The van der Waals surface area contributed by atoms with Crippen LogP contribution in [0.3, 0.4) is 0 Å². The minimum Gasteiger partial charge on any atom is -0.464 e. The Hall–Kier alpha value is -5.66. The summed E-state index contributed by atoms with van der Waals surface area (Å²) in [5, 5.41) is 5.50. The predicted octanol–water partition coefficient (Wildman–Crippen LogP) is 7.06. The number of benzene rings is 2. The number of nitrogens with zero attached hydrogens (tertiary/aromatic N) is 5. The zero-order valence-electron chi connectivity index (χ0n) is 42.9. The molecular formula is C55H72FN7O7. The molecule has 7 rings (SSSR count). The number of cyclic esters (lactones) is 1. The second kappa shape index (κ2) is 21.8. The quantitative estimate of drug-likeness (QED) is 0.112. The van der Waals surface area contributed by atoms with Gasteiger partial charge >= 0.3 is 5.97 Å². The lowest BCUT2D eigenvalue weighted by Gasteiger charge is -2.39. The van der Waals surface area contributed by atoms with Crippen LogP contribution in [0, 0.1) is 29.1 Å². The number of aromatic nitrogens is 2. The van der Waals surface area contributed by atoms with Crippen LogP contribution in [0.2, 0.25) is 0 Å². The molecule has 6 bridgehead atoms. The first-order valence-electron chi connectivity index (χ1n) is 24.7. The Labute approximate surface area is 412 Å². The van der Waals surface area contributed by atoms with Gasteiger partial charge in [-0.25, -0.2) is 9.82 Å². The lowest BCUT2D eigenvalue weighted by atomic mass is 9.84. The SMILES string of the molecule is CCn1c(-c2cccnc2[C@H](C)OC)c2c3cc(ccc31)-c1cc(CF)cc(c1)C[C@H](NC(=O)C(COC1CN(C(=O)C#CC(C)(C)N(C)C)C1)C(C)C)C(=O)N1CCC[C@H](N1)C(=O)OCC(C)(C)C2. The molecule has 2 fully saturated rings. The molecule has 2 aromatic carbocycles. The molecule has 2 N–H and O–H groups in total. The Balaban J connectivity index is 1.23. The standard InChI is InChI=1S/C55H72FN7O7/c1-12-62-47-18-17-38-27-42(47)43(50(62)41-15-13-21-57-49(41)35(4)68-11)28-54(5,6)33-70-53(67)45-16-14-22-63(59-45)52(66)46(26-36-23-37(29-56)25-39(38)24-36)58-51(65)44(34(2)3)32-69-40-30-61(31-40)48(64)19-20-55(7,8)60(9)10/h13,15,17-18,21,23-25,27,34-35,40,44-46,59H,12,14,16,22,26,28-33H2,1-11H3,(H,58,65)/t35-,44?,45-,46-/m0/s1. The number of aryl methyl sites for hydroxylation is 1. The summed E-state index contributed by atoms with van der Waals surface area (Å²) in [6.07, 6.45) is 2.81. The van der Waals surface area contributed by atoms with Gasteiger partial charge in [0, 0.05) is 67.8 Å². The molecule has 1 unspecified atom stereocenters. The van der Waals surface area contributed by atoms with E-state index in [1.807, 2.05) is 77.9 Å². The smallest absolute Gasteiger partial charge is 0.324 e. The highest BCUT2D eigenvalue weighted by molar-refractivity contribution is 5.96. The van der Waals surface area contributed by atoms with Crippen LogP contribution in [-0.4, -0.2) is 126 Å². The first-order chi connectivity index (χ1) is 33.2. The Bertz CT molecular complexity index is 2640. The summed E-state index contributed by atoms with van der Waals surface area (Å²) in [6, 6.07) is 14.0. The number of fused-ring (bicyclic) bond motifs is 6. The first-order valence-corrected chi connectivity index (χ1v) is 24.7.